The molecule has 1 fully saturated rings. The van der Waals surface area contributed by atoms with Crippen LogP contribution in [0.1, 0.15) is 44.9 Å². The highest BCUT2D eigenvalue weighted by molar-refractivity contribution is 4.77. The molecule has 0 atom stereocenters. The third-order valence-electron chi connectivity index (χ3n) is 3.33. The normalized spacial score (nSPS) is 26.1. The van der Waals surface area contributed by atoms with Gasteiger partial charge in [-0.3, -0.25) is 0 Å². The summed E-state index contributed by atoms with van der Waals surface area (Å²) < 4.78 is 40.9. The van der Waals surface area contributed by atoms with Crippen molar-refractivity contribution in [2.45, 2.75) is 63.3 Å². The third-order valence-corrected chi connectivity index (χ3v) is 3.33. The standard InChI is InChI=1S/C12H22F3NO/c1-17-11-6-4-10(5-7-11)16-9-3-2-8-12(13,14)15/h10-11,16H,2-9H2,1H3. The topological polar surface area (TPSA) is 21.3 Å². The summed E-state index contributed by atoms with van der Waals surface area (Å²) in [4.78, 5) is 0. The van der Waals surface area contributed by atoms with Crippen molar-refractivity contribution in [3.63, 3.8) is 0 Å². The van der Waals surface area contributed by atoms with Crippen molar-refractivity contribution in [2.75, 3.05) is 13.7 Å². The lowest BCUT2D eigenvalue weighted by molar-refractivity contribution is -0.135. The first-order valence-electron chi connectivity index (χ1n) is 6.34. The smallest absolute Gasteiger partial charge is 0.381 e. The zero-order valence-corrected chi connectivity index (χ0v) is 10.4. The van der Waals surface area contributed by atoms with Crippen LogP contribution in [0.5, 0.6) is 0 Å². The lowest BCUT2D eigenvalue weighted by Gasteiger charge is -2.28. The van der Waals surface area contributed by atoms with E-state index in [1.165, 1.54) is 0 Å². The van der Waals surface area contributed by atoms with E-state index in [2.05, 4.69) is 5.32 Å². The molecule has 1 rings (SSSR count). The van der Waals surface area contributed by atoms with Gasteiger partial charge in [0.25, 0.3) is 0 Å². The number of halogens is 3. The van der Waals surface area contributed by atoms with E-state index in [4.69, 9.17) is 4.74 Å². The van der Waals surface area contributed by atoms with Crippen LogP contribution in [-0.2, 0) is 4.74 Å². The SMILES string of the molecule is COC1CCC(NCCCCC(F)(F)F)CC1. The molecule has 0 aromatic carbocycles. The molecule has 0 aromatic heterocycles. The Kier molecular flexibility index (Phi) is 6.27. The lowest BCUT2D eigenvalue weighted by atomic mass is 9.93. The van der Waals surface area contributed by atoms with Gasteiger partial charge in [-0.05, 0) is 45.1 Å². The molecule has 102 valence electrons. The summed E-state index contributed by atoms with van der Waals surface area (Å²) in [6.45, 7) is 0.693. The fourth-order valence-corrected chi connectivity index (χ4v) is 2.26. The van der Waals surface area contributed by atoms with Crippen molar-refractivity contribution in [3.8, 4) is 0 Å². The molecule has 1 saturated carbocycles. The summed E-state index contributed by atoms with van der Waals surface area (Å²) in [5, 5.41) is 3.33. The molecule has 0 saturated heterocycles. The monoisotopic (exact) mass is 253 g/mol. The van der Waals surface area contributed by atoms with E-state index < -0.39 is 12.6 Å². The Balaban J connectivity index is 1.97. The van der Waals surface area contributed by atoms with Gasteiger partial charge in [-0.1, -0.05) is 0 Å². The molecule has 0 spiro atoms. The Morgan fingerprint density at radius 2 is 1.76 bits per heavy atom. The molecule has 0 amide bonds. The van der Waals surface area contributed by atoms with Crippen LogP contribution in [0, 0.1) is 0 Å². The second-order valence-electron chi connectivity index (χ2n) is 4.74. The van der Waals surface area contributed by atoms with Crippen LogP contribution >= 0.6 is 0 Å². The summed E-state index contributed by atoms with van der Waals surface area (Å²) in [7, 11) is 1.73. The average molecular weight is 253 g/mol. The van der Waals surface area contributed by atoms with Crippen LogP contribution in [0.25, 0.3) is 0 Å². The maximum absolute atomic E-state index is 11.9. The van der Waals surface area contributed by atoms with Crippen molar-refractivity contribution in [1.29, 1.82) is 0 Å². The molecule has 1 aliphatic carbocycles. The Labute approximate surface area is 101 Å². The number of hydrogen-bond acceptors (Lipinski definition) is 2. The van der Waals surface area contributed by atoms with Crippen molar-refractivity contribution >= 4 is 0 Å². The van der Waals surface area contributed by atoms with Gasteiger partial charge in [0.1, 0.15) is 0 Å². The fraction of sp³-hybridized carbons (Fsp3) is 1.00. The van der Waals surface area contributed by atoms with Crippen LogP contribution in [-0.4, -0.2) is 32.0 Å². The lowest BCUT2D eigenvalue weighted by Crippen LogP contribution is -2.35. The summed E-state index contributed by atoms with van der Waals surface area (Å²) >= 11 is 0. The Hall–Kier alpha value is -0.290. The predicted octanol–water partition coefficient (Wildman–Crippen LogP) is 3.27. The highest BCUT2D eigenvalue weighted by Crippen LogP contribution is 2.23. The maximum Gasteiger partial charge on any atom is 0.389 e. The summed E-state index contributed by atoms with van der Waals surface area (Å²) in [6.07, 6.45) is 0.774. The molecule has 0 aromatic rings. The Bertz CT molecular complexity index is 200. The molecule has 0 bridgehead atoms. The predicted molar refractivity (Wildman–Crippen MR) is 61.0 cm³/mol. The molecule has 17 heavy (non-hydrogen) atoms. The quantitative estimate of drug-likeness (QED) is 0.734. The van der Waals surface area contributed by atoms with Gasteiger partial charge in [0, 0.05) is 19.6 Å². The average Bonchev–Trinajstić information content (AvgIpc) is 2.28. The zero-order valence-electron chi connectivity index (χ0n) is 10.4. The van der Waals surface area contributed by atoms with E-state index in [0.29, 0.717) is 25.1 Å². The molecule has 0 unspecified atom stereocenters. The van der Waals surface area contributed by atoms with E-state index in [0.717, 1.165) is 25.7 Å². The van der Waals surface area contributed by atoms with E-state index in [-0.39, 0.29) is 6.42 Å². The minimum Gasteiger partial charge on any atom is -0.381 e. The van der Waals surface area contributed by atoms with Gasteiger partial charge >= 0.3 is 6.18 Å². The van der Waals surface area contributed by atoms with Gasteiger partial charge in [-0.25, -0.2) is 0 Å². The molecule has 1 aliphatic rings. The first-order chi connectivity index (χ1) is 8.01. The molecule has 0 radical (unpaired) electrons. The van der Waals surface area contributed by atoms with Gasteiger partial charge in [0.15, 0.2) is 0 Å². The van der Waals surface area contributed by atoms with Crippen LogP contribution in [0.2, 0.25) is 0 Å². The van der Waals surface area contributed by atoms with Crippen LogP contribution in [0.15, 0.2) is 0 Å². The van der Waals surface area contributed by atoms with Gasteiger partial charge in [0.2, 0.25) is 0 Å². The summed E-state index contributed by atoms with van der Waals surface area (Å²) in [5.41, 5.74) is 0. The van der Waals surface area contributed by atoms with Gasteiger partial charge < -0.3 is 10.1 Å². The number of ether oxygens (including phenoxy) is 1. The van der Waals surface area contributed by atoms with E-state index in [9.17, 15) is 13.2 Å². The minimum atomic E-state index is -4.00. The molecule has 0 aliphatic heterocycles. The number of rotatable bonds is 6. The van der Waals surface area contributed by atoms with Gasteiger partial charge in [-0.15, -0.1) is 0 Å². The second kappa shape index (κ2) is 7.21. The zero-order chi connectivity index (χ0) is 12.7. The minimum absolute atomic E-state index is 0.226. The fourth-order valence-electron chi connectivity index (χ4n) is 2.26. The van der Waals surface area contributed by atoms with Crippen molar-refractivity contribution < 1.29 is 17.9 Å². The Morgan fingerprint density at radius 1 is 1.12 bits per heavy atom. The van der Waals surface area contributed by atoms with Crippen molar-refractivity contribution in [2.24, 2.45) is 0 Å². The van der Waals surface area contributed by atoms with E-state index in [1.807, 2.05) is 0 Å². The van der Waals surface area contributed by atoms with Crippen molar-refractivity contribution in [3.05, 3.63) is 0 Å². The highest BCUT2D eigenvalue weighted by atomic mass is 19.4. The third kappa shape index (κ3) is 6.88. The Morgan fingerprint density at radius 3 is 2.29 bits per heavy atom. The number of methoxy groups -OCH3 is 1. The highest BCUT2D eigenvalue weighted by Gasteiger charge is 2.26. The van der Waals surface area contributed by atoms with E-state index in [1.54, 1.807) is 7.11 Å². The number of unbranched alkanes of at least 4 members (excludes halogenated alkanes) is 1. The largest absolute Gasteiger partial charge is 0.389 e. The molecular formula is C12H22F3NO. The molecule has 5 heteroatoms. The van der Waals surface area contributed by atoms with Gasteiger partial charge in [0.05, 0.1) is 6.10 Å². The second-order valence-corrected chi connectivity index (χ2v) is 4.74. The number of nitrogens with one attached hydrogen (secondary N) is 1. The number of hydrogen-bond donors (Lipinski definition) is 1. The van der Waals surface area contributed by atoms with Crippen LogP contribution in [0.3, 0.4) is 0 Å². The van der Waals surface area contributed by atoms with Crippen molar-refractivity contribution in [1.82, 2.24) is 5.32 Å². The molecule has 0 heterocycles. The number of alkyl halides is 3. The summed E-state index contributed by atoms with van der Waals surface area (Å²) in [5.74, 6) is 0. The van der Waals surface area contributed by atoms with Crippen LogP contribution < -0.4 is 5.32 Å². The maximum atomic E-state index is 11.9. The molecule has 2 nitrogen and oxygen atoms in total. The molecular weight excluding hydrogens is 231 g/mol. The van der Waals surface area contributed by atoms with Crippen LogP contribution in [0.4, 0.5) is 13.2 Å². The first kappa shape index (κ1) is 14.8. The first-order valence-corrected chi connectivity index (χ1v) is 6.34. The van der Waals surface area contributed by atoms with E-state index >= 15 is 0 Å². The van der Waals surface area contributed by atoms with Gasteiger partial charge in [-0.2, -0.15) is 13.2 Å². The summed E-state index contributed by atoms with van der Waals surface area (Å²) in [6, 6.07) is 0.465. The molecule has 1 N–H and O–H groups in total.